The van der Waals surface area contributed by atoms with Gasteiger partial charge in [0.15, 0.2) is 9.84 Å². The largest absolute Gasteiger partial charge is 0.487 e. The fourth-order valence-electron chi connectivity index (χ4n) is 6.80. The van der Waals surface area contributed by atoms with Crippen LogP contribution in [0.25, 0.3) is 0 Å². The number of aromatic nitrogens is 1. The summed E-state index contributed by atoms with van der Waals surface area (Å²) >= 11 is 0. The molecule has 2 atom stereocenters. The Kier molecular flexibility index (Phi) is 12.8. The Morgan fingerprint density at radius 3 is 2.10 bits per heavy atom. The second kappa shape index (κ2) is 16.6. The van der Waals surface area contributed by atoms with Crippen molar-refractivity contribution in [1.82, 2.24) is 9.88 Å². The molecule has 12 heteroatoms. The number of fused-ring (bicyclic) bond motifs is 1. The van der Waals surface area contributed by atoms with Crippen LogP contribution < -0.4 is 9.64 Å². The van der Waals surface area contributed by atoms with Crippen molar-refractivity contribution in [3.05, 3.63) is 83.2 Å². The summed E-state index contributed by atoms with van der Waals surface area (Å²) in [5.74, 6) is -2.37. The second-order valence-corrected chi connectivity index (χ2v) is 15.2. The Balaban J connectivity index is 1.64. The summed E-state index contributed by atoms with van der Waals surface area (Å²) in [6.45, 7) is 3.47. The number of aliphatic carboxylic acids is 2. The van der Waals surface area contributed by atoms with Crippen molar-refractivity contribution in [3.8, 4) is 5.75 Å². The lowest BCUT2D eigenvalue weighted by molar-refractivity contribution is -0.142. The van der Waals surface area contributed by atoms with Crippen molar-refractivity contribution in [2.45, 2.75) is 82.4 Å². The number of ether oxygens (including phenoxy) is 1. The third-order valence-electron chi connectivity index (χ3n) is 9.25. The smallest absolute Gasteiger partial charge is 0.317 e. The molecule has 2 aromatic carbocycles. The van der Waals surface area contributed by atoms with E-state index in [9.17, 15) is 23.1 Å². The number of rotatable bonds is 17. The van der Waals surface area contributed by atoms with E-state index in [1.807, 2.05) is 55.4 Å². The highest BCUT2D eigenvalue weighted by atomic mass is 32.2. The van der Waals surface area contributed by atoms with Crippen LogP contribution in [0.15, 0.2) is 65.6 Å². The van der Waals surface area contributed by atoms with E-state index in [0.29, 0.717) is 35.5 Å². The molecule has 0 spiro atoms. The number of anilines is 1. The molecule has 0 saturated carbocycles. The molecular weight excluding hydrogens is 646 g/mol. The minimum atomic E-state index is -3.71. The highest BCUT2D eigenvalue weighted by Gasteiger charge is 2.49. The van der Waals surface area contributed by atoms with E-state index in [-0.39, 0.29) is 23.8 Å². The van der Waals surface area contributed by atoms with Gasteiger partial charge in [0.05, 0.1) is 41.2 Å². The first kappa shape index (κ1) is 37.8. The van der Waals surface area contributed by atoms with Gasteiger partial charge in [-0.2, -0.15) is 0 Å². The van der Waals surface area contributed by atoms with Gasteiger partial charge in [0, 0.05) is 37.7 Å². The number of unbranched alkanes of at least 4 members (excludes halogenated alkanes) is 2. The quantitative estimate of drug-likeness (QED) is 0.167. The molecule has 2 heterocycles. The summed E-state index contributed by atoms with van der Waals surface area (Å²) in [7, 11) is 0.108. The highest BCUT2D eigenvalue weighted by molar-refractivity contribution is 7.91. The Labute approximate surface area is 289 Å². The molecule has 0 fully saturated rings. The zero-order valence-corrected chi connectivity index (χ0v) is 29.7. The maximum Gasteiger partial charge on any atom is 0.317 e. The summed E-state index contributed by atoms with van der Waals surface area (Å²) in [6.07, 6.45) is 3.74. The van der Waals surface area contributed by atoms with Gasteiger partial charge in [-0.3, -0.25) is 19.5 Å². The number of carbonyl (C=O) groups is 2. The van der Waals surface area contributed by atoms with Crippen molar-refractivity contribution in [1.29, 1.82) is 0 Å². The average Bonchev–Trinajstić information content (AvgIpc) is 3.11. The Morgan fingerprint density at radius 1 is 0.918 bits per heavy atom. The molecule has 1 aliphatic rings. The number of carboxylic acid groups (broad SMARTS) is 2. The van der Waals surface area contributed by atoms with Crippen LogP contribution in [0.2, 0.25) is 0 Å². The zero-order valence-electron chi connectivity index (χ0n) is 28.8. The molecule has 1 aromatic heterocycles. The molecule has 11 nitrogen and oxygen atoms in total. The molecule has 4 rings (SSSR count). The van der Waals surface area contributed by atoms with Crippen molar-refractivity contribution >= 4 is 27.5 Å². The molecule has 0 saturated heterocycles. The lowest BCUT2D eigenvalue weighted by Crippen LogP contribution is -2.43. The molecule has 1 aliphatic heterocycles. The van der Waals surface area contributed by atoms with E-state index in [1.54, 1.807) is 24.3 Å². The Hall–Kier alpha value is -4.00. The van der Waals surface area contributed by atoms with Gasteiger partial charge in [0.25, 0.3) is 0 Å². The summed E-state index contributed by atoms with van der Waals surface area (Å²) in [6, 6.07) is 18.0. The van der Waals surface area contributed by atoms with Crippen molar-refractivity contribution in [3.63, 3.8) is 0 Å². The predicted octanol–water partition coefficient (Wildman–Crippen LogP) is 5.34. The summed E-state index contributed by atoms with van der Waals surface area (Å²) in [5, 5.41) is 30.7. The summed E-state index contributed by atoms with van der Waals surface area (Å²) in [4.78, 5) is 30.4. The molecular formula is C37H49N3O8S. The molecule has 0 amide bonds. The van der Waals surface area contributed by atoms with Crippen LogP contribution >= 0.6 is 0 Å². The molecule has 3 aromatic rings. The first-order valence-corrected chi connectivity index (χ1v) is 18.5. The van der Waals surface area contributed by atoms with E-state index in [4.69, 9.17) is 14.9 Å². The molecule has 0 aliphatic carbocycles. The topological polar surface area (TPSA) is 158 Å². The fourth-order valence-corrected chi connectivity index (χ4v) is 8.99. The van der Waals surface area contributed by atoms with E-state index in [1.165, 1.54) is 4.90 Å². The van der Waals surface area contributed by atoms with E-state index in [2.05, 4.69) is 18.8 Å². The van der Waals surface area contributed by atoms with Crippen LogP contribution in [0.5, 0.6) is 5.75 Å². The van der Waals surface area contributed by atoms with E-state index >= 15 is 0 Å². The minimum absolute atomic E-state index is 0.0512. The van der Waals surface area contributed by atoms with Crippen LogP contribution in [0.4, 0.5) is 5.69 Å². The molecule has 49 heavy (non-hydrogen) atoms. The van der Waals surface area contributed by atoms with Crippen LogP contribution in [-0.4, -0.2) is 84.6 Å². The monoisotopic (exact) mass is 695 g/mol. The molecule has 0 radical (unpaired) electrons. The normalized spacial score (nSPS) is 18.0. The lowest BCUT2D eigenvalue weighted by atomic mass is 9.68. The average molecular weight is 696 g/mol. The number of carboxylic acids is 2. The minimum Gasteiger partial charge on any atom is -0.487 e. The maximum absolute atomic E-state index is 14.1. The van der Waals surface area contributed by atoms with Crippen LogP contribution in [-0.2, 0) is 32.6 Å². The van der Waals surface area contributed by atoms with E-state index < -0.39 is 52.3 Å². The number of aliphatic hydroxyl groups is 1. The van der Waals surface area contributed by atoms with Gasteiger partial charge in [0.2, 0.25) is 0 Å². The lowest BCUT2D eigenvalue weighted by Gasteiger charge is -2.40. The van der Waals surface area contributed by atoms with Gasteiger partial charge in [-0.05, 0) is 66.4 Å². The first-order chi connectivity index (χ1) is 23.3. The van der Waals surface area contributed by atoms with Gasteiger partial charge < -0.3 is 25.0 Å². The fraction of sp³-hybridized carbons (Fsp3) is 0.486. The number of aliphatic hydroxyl groups excluding tert-OH is 1. The van der Waals surface area contributed by atoms with Crippen molar-refractivity contribution in [2.24, 2.45) is 5.41 Å². The maximum atomic E-state index is 14.1. The Morgan fingerprint density at radius 2 is 1.53 bits per heavy atom. The number of pyridine rings is 1. The number of nitrogens with zero attached hydrogens (tertiary/aromatic N) is 3. The van der Waals surface area contributed by atoms with Crippen molar-refractivity contribution in [2.75, 3.05) is 37.8 Å². The second-order valence-electron chi connectivity index (χ2n) is 13.3. The molecule has 0 bridgehead atoms. The SMILES string of the molecule is CCCCC1(CCCC)CS(=O)(=O)c2ccc(N(C)C)cc2C(c2ccc(OCc3cccc(CN(CC(=O)O)CC(=O)O)n3)cc2)C1O. The van der Waals surface area contributed by atoms with Gasteiger partial charge in [-0.25, -0.2) is 8.42 Å². The predicted molar refractivity (Wildman–Crippen MR) is 188 cm³/mol. The zero-order chi connectivity index (χ0) is 35.8. The number of hydrogen-bond acceptors (Lipinski definition) is 9. The number of benzene rings is 2. The van der Waals surface area contributed by atoms with Crippen LogP contribution in [0.1, 0.15) is 80.8 Å². The first-order valence-electron chi connectivity index (χ1n) is 16.8. The number of sulfone groups is 1. The Bertz CT molecular complexity index is 1670. The summed E-state index contributed by atoms with van der Waals surface area (Å²) < 4.78 is 34.2. The van der Waals surface area contributed by atoms with Crippen molar-refractivity contribution < 1.29 is 38.1 Å². The number of hydrogen-bond donors (Lipinski definition) is 3. The standard InChI is InChI=1S/C37H49N3O8S/c1-5-7-18-37(19-8-6-2)25-49(46,47)32-17-14-29(39(3)4)20-31(32)35(36(37)45)26-12-15-30(16-13-26)48-24-28-11-9-10-27(38-28)21-40(22-33(41)42)23-34(43)44/h9-17,20,35-36,45H,5-8,18-19,21-25H2,1-4H3,(H,41,42)(H,43,44). The third-order valence-corrected chi connectivity index (χ3v) is 11.2. The van der Waals surface area contributed by atoms with Gasteiger partial charge in [-0.1, -0.05) is 57.7 Å². The third kappa shape index (κ3) is 9.58. The molecule has 3 N–H and O–H groups in total. The van der Waals surface area contributed by atoms with Crippen LogP contribution in [0, 0.1) is 5.41 Å². The van der Waals surface area contributed by atoms with Crippen LogP contribution in [0.3, 0.4) is 0 Å². The summed E-state index contributed by atoms with van der Waals surface area (Å²) in [5.41, 5.74) is 2.54. The van der Waals surface area contributed by atoms with Gasteiger partial charge >= 0.3 is 11.9 Å². The molecule has 266 valence electrons. The van der Waals surface area contributed by atoms with E-state index in [0.717, 1.165) is 36.9 Å². The highest BCUT2D eigenvalue weighted by Crippen LogP contribution is 2.50. The van der Waals surface area contributed by atoms with Gasteiger partial charge in [0.1, 0.15) is 12.4 Å². The molecule has 2 unspecified atom stereocenters. The van der Waals surface area contributed by atoms with Gasteiger partial charge in [-0.15, -0.1) is 0 Å².